The molecule has 0 saturated heterocycles. The standard InChI is InChI=1S/C17H27N3O4S/c1-17(2,12-21)8-4-9-19-16(22)20-10-7-13-5-6-14(11-15(13)20)25(23,24)18-3/h5-6,11,18,21H,4,7-10,12H2,1-3H3,(H,19,22). The van der Waals surface area contributed by atoms with Crippen molar-refractivity contribution >= 4 is 21.7 Å². The number of rotatable bonds is 7. The zero-order chi connectivity index (χ0) is 18.7. The van der Waals surface area contributed by atoms with Gasteiger partial charge in [0, 0.05) is 19.7 Å². The summed E-state index contributed by atoms with van der Waals surface area (Å²) in [5, 5.41) is 12.1. The first-order chi connectivity index (χ1) is 11.7. The van der Waals surface area contributed by atoms with E-state index >= 15 is 0 Å². The molecule has 0 aliphatic carbocycles. The molecule has 0 atom stereocenters. The minimum atomic E-state index is -3.54. The second-order valence-electron chi connectivity index (χ2n) is 7.06. The first kappa shape index (κ1) is 19.7. The predicted octanol–water partition coefficient (Wildman–Crippen LogP) is 1.47. The number of urea groups is 1. The Kier molecular flexibility index (Phi) is 6.08. The van der Waals surface area contributed by atoms with Gasteiger partial charge in [0.05, 0.1) is 10.6 Å². The first-order valence-corrected chi connectivity index (χ1v) is 9.91. The predicted molar refractivity (Wildman–Crippen MR) is 97.2 cm³/mol. The van der Waals surface area contributed by atoms with Crippen LogP contribution in [0.25, 0.3) is 0 Å². The van der Waals surface area contributed by atoms with E-state index < -0.39 is 10.0 Å². The lowest BCUT2D eigenvalue weighted by Gasteiger charge is -2.22. The molecule has 0 unspecified atom stereocenters. The quantitative estimate of drug-likeness (QED) is 0.634. The molecule has 1 heterocycles. The van der Waals surface area contributed by atoms with Crippen LogP contribution in [0.1, 0.15) is 32.3 Å². The number of amides is 2. The van der Waals surface area contributed by atoms with Crippen LogP contribution >= 0.6 is 0 Å². The third-order valence-corrected chi connectivity index (χ3v) is 5.92. The van der Waals surface area contributed by atoms with Gasteiger partial charge in [-0.25, -0.2) is 17.9 Å². The zero-order valence-electron chi connectivity index (χ0n) is 15.0. The van der Waals surface area contributed by atoms with Crippen molar-refractivity contribution in [3.8, 4) is 0 Å². The van der Waals surface area contributed by atoms with Gasteiger partial charge in [0.25, 0.3) is 0 Å². The molecule has 7 nitrogen and oxygen atoms in total. The lowest BCUT2D eigenvalue weighted by molar-refractivity contribution is 0.148. The van der Waals surface area contributed by atoms with Crippen molar-refractivity contribution in [1.82, 2.24) is 10.0 Å². The van der Waals surface area contributed by atoms with E-state index in [0.717, 1.165) is 18.4 Å². The number of nitrogens with one attached hydrogen (secondary N) is 2. The SMILES string of the molecule is CNS(=O)(=O)c1ccc2c(c1)N(C(=O)NCCCC(C)(C)CO)CC2. The van der Waals surface area contributed by atoms with Crippen LogP contribution in [0, 0.1) is 5.41 Å². The molecule has 3 N–H and O–H groups in total. The highest BCUT2D eigenvalue weighted by Gasteiger charge is 2.26. The van der Waals surface area contributed by atoms with Crippen LogP contribution in [0.4, 0.5) is 10.5 Å². The Labute approximate surface area is 149 Å². The Bertz CT molecular complexity index is 731. The van der Waals surface area contributed by atoms with Gasteiger partial charge in [-0.1, -0.05) is 19.9 Å². The summed E-state index contributed by atoms with van der Waals surface area (Å²) in [5.41, 5.74) is 1.46. The Hall–Kier alpha value is -1.64. The van der Waals surface area contributed by atoms with Crippen LogP contribution in [-0.4, -0.2) is 46.3 Å². The van der Waals surface area contributed by atoms with Crippen molar-refractivity contribution in [2.45, 2.75) is 38.0 Å². The van der Waals surface area contributed by atoms with E-state index in [4.69, 9.17) is 0 Å². The maximum Gasteiger partial charge on any atom is 0.321 e. The summed E-state index contributed by atoms with van der Waals surface area (Å²) in [5.74, 6) is 0. The molecule has 2 amide bonds. The summed E-state index contributed by atoms with van der Waals surface area (Å²) in [6.45, 7) is 5.13. The second kappa shape index (κ2) is 7.72. The average Bonchev–Trinajstić information content (AvgIpc) is 3.01. The number of carbonyl (C=O) groups is 1. The van der Waals surface area contributed by atoms with E-state index in [1.165, 1.54) is 7.05 Å². The number of aliphatic hydroxyl groups is 1. The van der Waals surface area contributed by atoms with Crippen LogP contribution < -0.4 is 14.9 Å². The Morgan fingerprint density at radius 2 is 2.08 bits per heavy atom. The van der Waals surface area contributed by atoms with Crippen LogP contribution in [0.3, 0.4) is 0 Å². The molecule has 0 aromatic heterocycles. The topological polar surface area (TPSA) is 98.7 Å². The fourth-order valence-corrected chi connectivity index (χ4v) is 3.54. The molecular weight excluding hydrogens is 342 g/mol. The van der Waals surface area contributed by atoms with Crippen molar-refractivity contribution < 1.29 is 18.3 Å². The fourth-order valence-electron chi connectivity index (χ4n) is 2.79. The number of nitrogens with zero attached hydrogens (tertiary/aromatic N) is 1. The highest BCUT2D eigenvalue weighted by Crippen LogP contribution is 2.30. The highest BCUT2D eigenvalue weighted by atomic mass is 32.2. The molecular formula is C17H27N3O4S. The molecule has 8 heteroatoms. The molecule has 1 aliphatic rings. The van der Waals surface area contributed by atoms with Crippen molar-refractivity contribution in [2.75, 3.05) is 31.6 Å². The van der Waals surface area contributed by atoms with Crippen molar-refractivity contribution in [3.05, 3.63) is 23.8 Å². The van der Waals surface area contributed by atoms with Gasteiger partial charge in [0.15, 0.2) is 0 Å². The van der Waals surface area contributed by atoms with Gasteiger partial charge in [0.2, 0.25) is 10.0 Å². The van der Waals surface area contributed by atoms with Gasteiger partial charge >= 0.3 is 6.03 Å². The maximum absolute atomic E-state index is 12.4. The van der Waals surface area contributed by atoms with Crippen LogP contribution in [0.15, 0.2) is 23.1 Å². The number of hydrogen-bond donors (Lipinski definition) is 3. The fraction of sp³-hybridized carbons (Fsp3) is 0.588. The monoisotopic (exact) mass is 369 g/mol. The van der Waals surface area contributed by atoms with Gasteiger partial charge in [-0.3, -0.25) is 4.90 Å². The van der Waals surface area contributed by atoms with E-state index in [1.807, 2.05) is 13.8 Å². The van der Waals surface area contributed by atoms with E-state index in [1.54, 1.807) is 23.1 Å². The summed E-state index contributed by atoms with van der Waals surface area (Å²) < 4.78 is 26.2. The lowest BCUT2D eigenvalue weighted by atomic mass is 9.89. The third-order valence-electron chi connectivity index (χ3n) is 4.51. The number of benzene rings is 1. The molecule has 1 aromatic rings. The Balaban J connectivity index is 2.01. The maximum atomic E-state index is 12.4. The number of aliphatic hydroxyl groups excluding tert-OH is 1. The summed E-state index contributed by atoms with van der Waals surface area (Å²) in [4.78, 5) is 14.2. The molecule has 1 aromatic carbocycles. The van der Waals surface area contributed by atoms with E-state index in [9.17, 15) is 18.3 Å². The second-order valence-corrected chi connectivity index (χ2v) is 8.94. The molecule has 2 rings (SSSR count). The normalized spacial score (nSPS) is 14.5. The molecule has 0 saturated carbocycles. The first-order valence-electron chi connectivity index (χ1n) is 8.43. The average molecular weight is 369 g/mol. The molecule has 0 bridgehead atoms. The largest absolute Gasteiger partial charge is 0.396 e. The number of anilines is 1. The number of carbonyl (C=O) groups excluding carboxylic acids is 1. The van der Waals surface area contributed by atoms with Gasteiger partial charge < -0.3 is 10.4 Å². The Morgan fingerprint density at radius 3 is 2.72 bits per heavy atom. The molecule has 140 valence electrons. The molecule has 1 aliphatic heterocycles. The smallest absolute Gasteiger partial charge is 0.321 e. The van der Waals surface area contributed by atoms with Crippen LogP contribution in [-0.2, 0) is 16.4 Å². The summed E-state index contributed by atoms with van der Waals surface area (Å²) in [6.07, 6.45) is 2.29. The van der Waals surface area contributed by atoms with Crippen molar-refractivity contribution in [1.29, 1.82) is 0 Å². The van der Waals surface area contributed by atoms with E-state index in [2.05, 4.69) is 10.0 Å². The molecule has 25 heavy (non-hydrogen) atoms. The minimum absolute atomic E-state index is 0.114. The van der Waals surface area contributed by atoms with E-state index in [-0.39, 0.29) is 22.9 Å². The van der Waals surface area contributed by atoms with Gasteiger partial charge in [0.1, 0.15) is 0 Å². The van der Waals surface area contributed by atoms with Crippen LogP contribution in [0.2, 0.25) is 0 Å². The summed E-state index contributed by atoms with van der Waals surface area (Å²) in [7, 11) is -2.18. The number of sulfonamides is 1. The van der Waals surface area contributed by atoms with Crippen LogP contribution in [0.5, 0.6) is 0 Å². The minimum Gasteiger partial charge on any atom is -0.396 e. The number of hydrogen-bond acceptors (Lipinski definition) is 4. The van der Waals surface area contributed by atoms with E-state index in [0.29, 0.717) is 25.2 Å². The lowest BCUT2D eigenvalue weighted by Crippen LogP contribution is -2.39. The van der Waals surface area contributed by atoms with Gasteiger partial charge in [-0.05, 0) is 49.4 Å². The zero-order valence-corrected chi connectivity index (χ0v) is 15.8. The van der Waals surface area contributed by atoms with Gasteiger partial charge in [-0.2, -0.15) is 0 Å². The molecule has 0 radical (unpaired) electrons. The number of fused-ring (bicyclic) bond motifs is 1. The molecule has 0 spiro atoms. The van der Waals surface area contributed by atoms with Gasteiger partial charge in [-0.15, -0.1) is 0 Å². The molecule has 0 fully saturated rings. The summed E-state index contributed by atoms with van der Waals surface area (Å²) >= 11 is 0. The van der Waals surface area contributed by atoms with Crippen molar-refractivity contribution in [3.63, 3.8) is 0 Å². The Morgan fingerprint density at radius 1 is 1.36 bits per heavy atom. The summed E-state index contributed by atoms with van der Waals surface area (Å²) in [6, 6.07) is 4.64. The third kappa shape index (κ3) is 4.71. The highest BCUT2D eigenvalue weighted by molar-refractivity contribution is 7.89. The van der Waals surface area contributed by atoms with Crippen molar-refractivity contribution in [2.24, 2.45) is 5.41 Å².